The molecule has 0 aromatic rings. The van der Waals surface area contributed by atoms with Crippen molar-refractivity contribution in [2.75, 3.05) is 13.2 Å². The second-order valence-electron chi connectivity index (χ2n) is 15.1. The quantitative estimate of drug-likeness (QED) is 0.0497. The van der Waals surface area contributed by atoms with Crippen LogP contribution in [0.1, 0.15) is 239 Å². The Hall–Kier alpha value is -0.160. The van der Waals surface area contributed by atoms with Gasteiger partial charge < -0.3 is 20.4 Å². The zero-order chi connectivity index (χ0) is 33.8. The number of hydrogen-bond donors (Lipinski definition) is 4. The van der Waals surface area contributed by atoms with Crippen LogP contribution >= 0.6 is 0 Å². The van der Waals surface area contributed by atoms with Gasteiger partial charge in [0.25, 0.3) is 0 Å². The van der Waals surface area contributed by atoms with E-state index in [-0.39, 0.29) is 6.10 Å². The number of aliphatic hydroxyl groups is 4. The minimum Gasteiger partial charge on any atom is -0.396 e. The maximum atomic E-state index is 12.1. The van der Waals surface area contributed by atoms with E-state index < -0.39 is 5.60 Å². The Bertz CT molecular complexity index is 570. The van der Waals surface area contributed by atoms with Crippen molar-refractivity contribution in [3.05, 3.63) is 0 Å². The molecule has 0 spiro atoms. The van der Waals surface area contributed by atoms with E-state index in [9.17, 15) is 10.2 Å². The van der Waals surface area contributed by atoms with Crippen LogP contribution in [0.2, 0.25) is 0 Å². The van der Waals surface area contributed by atoms with Gasteiger partial charge in [0.05, 0.1) is 11.7 Å². The molecule has 4 heteroatoms. The summed E-state index contributed by atoms with van der Waals surface area (Å²) in [5.74, 6) is 0.384. The Labute approximate surface area is 289 Å². The summed E-state index contributed by atoms with van der Waals surface area (Å²) >= 11 is 0. The topological polar surface area (TPSA) is 80.9 Å². The number of unbranched alkanes of at least 4 members (excludes halogenated alkanes) is 25. The van der Waals surface area contributed by atoms with E-state index in [0.717, 1.165) is 83.5 Å². The zero-order valence-electron chi connectivity index (χ0n) is 31.6. The number of aliphatic hydroxyl groups excluding tert-OH is 3. The Morgan fingerprint density at radius 3 is 1.07 bits per heavy atom. The minimum absolute atomic E-state index is 0.141. The third-order valence-electron chi connectivity index (χ3n) is 10.8. The molecule has 46 heavy (non-hydrogen) atoms. The third kappa shape index (κ3) is 29.9. The Balaban J connectivity index is 4.45. The van der Waals surface area contributed by atoms with Crippen LogP contribution < -0.4 is 0 Å². The summed E-state index contributed by atoms with van der Waals surface area (Å²) in [7, 11) is 0. The van der Waals surface area contributed by atoms with Crippen molar-refractivity contribution in [2.45, 2.75) is 250 Å². The van der Waals surface area contributed by atoms with Gasteiger partial charge in [-0.25, -0.2) is 0 Å². The fraction of sp³-hybridized carbons (Fsp3) is 1.00. The second kappa shape index (κ2) is 36.1. The molecule has 0 heterocycles. The second-order valence-corrected chi connectivity index (χ2v) is 15.1. The van der Waals surface area contributed by atoms with E-state index >= 15 is 0 Å². The summed E-state index contributed by atoms with van der Waals surface area (Å²) in [4.78, 5) is 0. The Kier molecular flexibility index (Phi) is 36.0. The molecule has 0 aromatic heterocycles. The van der Waals surface area contributed by atoms with Gasteiger partial charge in [-0.15, -0.1) is 0 Å². The van der Waals surface area contributed by atoms with Gasteiger partial charge in [-0.05, 0) is 50.9 Å². The Morgan fingerprint density at radius 1 is 0.391 bits per heavy atom. The molecule has 0 saturated heterocycles. The highest BCUT2D eigenvalue weighted by Gasteiger charge is 2.34. The van der Waals surface area contributed by atoms with E-state index in [1.807, 2.05) is 0 Å². The van der Waals surface area contributed by atoms with E-state index in [2.05, 4.69) is 13.8 Å². The van der Waals surface area contributed by atoms with Crippen LogP contribution in [0.25, 0.3) is 0 Å². The maximum Gasteiger partial charge on any atom is 0.0675 e. The molecule has 3 unspecified atom stereocenters. The van der Waals surface area contributed by atoms with E-state index in [0.29, 0.717) is 19.1 Å². The van der Waals surface area contributed by atoms with E-state index in [4.69, 9.17) is 10.2 Å². The monoisotopic (exact) mass is 655 g/mol. The third-order valence-corrected chi connectivity index (χ3v) is 10.8. The molecule has 0 rings (SSSR count). The standard InChI is InChI=1S/C42H86O4/c1-3-5-6-21-26-34-41(45)35-28-27-33-40(4-2)42(46,37-30-23-18-14-10-12-16-20-25-32-39-44)36-29-22-17-13-9-7-8-11-15-19-24-31-38-43/h40-41,43-46H,3-39H2,1-2H3. The summed E-state index contributed by atoms with van der Waals surface area (Å²) < 4.78 is 0. The average molecular weight is 655 g/mol. The molecule has 0 fully saturated rings. The normalized spacial score (nSPS) is 14.5. The highest BCUT2D eigenvalue weighted by Crippen LogP contribution is 2.36. The molecule has 0 aliphatic carbocycles. The van der Waals surface area contributed by atoms with Gasteiger partial charge in [0.15, 0.2) is 0 Å². The molecule has 0 radical (unpaired) electrons. The van der Waals surface area contributed by atoms with Crippen LogP contribution in [0.3, 0.4) is 0 Å². The molecule has 0 aliphatic rings. The van der Waals surface area contributed by atoms with Gasteiger partial charge in [-0.2, -0.15) is 0 Å². The lowest BCUT2D eigenvalue weighted by molar-refractivity contribution is -0.0434. The molecule has 0 amide bonds. The van der Waals surface area contributed by atoms with Crippen LogP contribution in [-0.2, 0) is 0 Å². The number of rotatable bonds is 39. The fourth-order valence-corrected chi connectivity index (χ4v) is 7.55. The molecular formula is C42H86O4. The largest absolute Gasteiger partial charge is 0.396 e. The van der Waals surface area contributed by atoms with Gasteiger partial charge in [0.2, 0.25) is 0 Å². The summed E-state index contributed by atoms with van der Waals surface area (Å²) in [6.07, 6.45) is 41.9. The van der Waals surface area contributed by atoms with Crippen LogP contribution in [-0.4, -0.2) is 45.3 Å². The summed E-state index contributed by atoms with van der Waals surface area (Å²) in [5, 5.41) is 40.4. The summed E-state index contributed by atoms with van der Waals surface area (Å²) in [6.45, 7) is 5.21. The van der Waals surface area contributed by atoms with Crippen molar-refractivity contribution in [3.63, 3.8) is 0 Å². The van der Waals surface area contributed by atoms with E-state index in [1.54, 1.807) is 0 Å². The highest BCUT2D eigenvalue weighted by molar-refractivity contribution is 4.86. The first-order chi connectivity index (χ1) is 22.5. The van der Waals surface area contributed by atoms with Crippen molar-refractivity contribution in [1.82, 2.24) is 0 Å². The van der Waals surface area contributed by atoms with Crippen LogP contribution in [0.5, 0.6) is 0 Å². The van der Waals surface area contributed by atoms with Crippen molar-refractivity contribution in [1.29, 1.82) is 0 Å². The molecule has 0 bridgehead atoms. The van der Waals surface area contributed by atoms with Gasteiger partial charge in [0, 0.05) is 13.2 Å². The highest BCUT2D eigenvalue weighted by atomic mass is 16.3. The first kappa shape index (κ1) is 45.8. The zero-order valence-corrected chi connectivity index (χ0v) is 31.6. The maximum absolute atomic E-state index is 12.1. The van der Waals surface area contributed by atoms with Gasteiger partial charge >= 0.3 is 0 Å². The van der Waals surface area contributed by atoms with Crippen molar-refractivity contribution in [3.8, 4) is 0 Å². The molecule has 4 N–H and O–H groups in total. The summed E-state index contributed by atoms with van der Waals surface area (Å²) in [6, 6.07) is 0. The minimum atomic E-state index is -0.518. The smallest absolute Gasteiger partial charge is 0.0675 e. The molecule has 0 aliphatic heterocycles. The number of hydrogen-bond acceptors (Lipinski definition) is 4. The lowest BCUT2D eigenvalue weighted by atomic mass is 9.75. The van der Waals surface area contributed by atoms with Crippen LogP contribution in [0.15, 0.2) is 0 Å². The summed E-state index contributed by atoms with van der Waals surface area (Å²) in [5.41, 5.74) is -0.518. The SMILES string of the molecule is CCCCCCCC(O)CCCCC(CC)C(O)(CCCCCCCCCCCCO)CCCCCCCCCCCCCCO. The van der Waals surface area contributed by atoms with Gasteiger partial charge in [0.1, 0.15) is 0 Å². The van der Waals surface area contributed by atoms with E-state index in [1.165, 1.54) is 141 Å². The molecule has 0 aromatic carbocycles. The molecule has 278 valence electrons. The predicted molar refractivity (Wildman–Crippen MR) is 202 cm³/mol. The van der Waals surface area contributed by atoms with Crippen molar-refractivity contribution >= 4 is 0 Å². The van der Waals surface area contributed by atoms with Gasteiger partial charge in [-0.3, -0.25) is 0 Å². The lowest BCUT2D eigenvalue weighted by Crippen LogP contribution is -2.38. The van der Waals surface area contributed by atoms with Crippen LogP contribution in [0.4, 0.5) is 0 Å². The van der Waals surface area contributed by atoms with Crippen molar-refractivity contribution in [2.24, 2.45) is 5.92 Å². The first-order valence-corrected chi connectivity index (χ1v) is 21.2. The van der Waals surface area contributed by atoms with Gasteiger partial charge in [-0.1, -0.05) is 194 Å². The molecule has 3 atom stereocenters. The first-order valence-electron chi connectivity index (χ1n) is 21.2. The molecule has 4 nitrogen and oxygen atoms in total. The fourth-order valence-electron chi connectivity index (χ4n) is 7.55. The van der Waals surface area contributed by atoms with Crippen LogP contribution in [0, 0.1) is 5.92 Å². The van der Waals surface area contributed by atoms with Crippen molar-refractivity contribution < 1.29 is 20.4 Å². The average Bonchev–Trinajstić information content (AvgIpc) is 3.05. The predicted octanol–water partition coefficient (Wildman–Crippen LogP) is 12.4. The Morgan fingerprint density at radius 2 is 0.696 bits per heavy atom. The molecular weight excluding hydrogens is 568 g/mol. The molecule has 0 saturated carbocycles. The lowest BCUT2D eigenvalue weighted by Gasteiger charge is -2.37.